The summed E-state index contributed by atoms with van der Waals surface area (Å²) in [7, 11) is -1.06. The van der Waals surface area contributed by atoms with E-state index in [-0.39, 0.29) is 10.8 Å². The van der Waals surface area contributed by atoms with E-state index in [4.69, 9.17) is 11.6 Å². The number of nitrogens with one attached hydrogen (secondary N) is 1. The monoisotopic (exact) mass is 287 g/mol. The van der Waals surface area contributed by atoms with E-state index >= 15 is 0 Å². The first-order chi connectivity index (χ1) is 8.40. The zero-order chi connectivity index (χ0) is 13.8. The van der Waals surface area contributed by atoms with E-state index in [1.165, 1.54) is 0 Å². The summed E-state index contributed by atoms with van der Waals surface area (Å²) in [6.45, 7) is 8.16. The lowest BCUT2D eigenvalue weighted by molar-refractivity contribution is 0.569. The first-order valence-corrected chi connectivity index (χ1v) is 7.87. The van der Waals surface area contributed by atoms with Crippen molar-refractivity contribution in [1.29, 1.82) is 0 Å². The maximum Gasteiger partial charge on any atom is 0.0978 e. The highest BCUT2D eigenvalue weighted by Gasteiger charge is 2.26. The first-order valence-electron chi connectivity index (χ1n) is 6.34. The van der Waals surface area contributed by atoms with E-state index in [1.807, 2.05) is 38.1 Å². The third-order valence-corrected chi connectivity index (χ3v) is 5.29. The maximum atomic E-state index is 12.3. The highest BCUT2D eigenvalue weighted by Crippen LogP contribution is 2.23. The van der Waals surface area contributed by atoms with Crippen LogP contribution in [0.15, 0.2) is 24.3 Å². The molecule has 0 aromatic heterocycles. The van der Waals surface area contributed by atoms with Gasteiger partial charge in [-0.3, -0.25) is 0 Å². The fraction of sp³-hybridized carbons (Fsp3) is 0.571. The molecule has 1 unspecified atom stereocenters. The molecule has 0 radical (unpaired) electrons. The molecule has 0 aliphatic carbocycles. The van der Waals surface area contributed by atoms with Crippen molar-refractivity contribution in [3.63, 3.8) is 0 Å². The van der Waals surface area contributed by atoms with Gasteiger partial charge < -0.3 is 0 Å². The van der Waals surface area contributed by atoms with Crippen LogP contribution >= 0.6 is 11.6 Å². The molecular weight excluding hydrogens is 266 g/mol. The minimum Gasteiger partial charge on any atom is -0.242 e. The van der Waals surface area contributed by atoms with Crippen LogP contribution in [0.3, 0.4) is 0 Å². The summed E-state index contributed by atoms with van der Waals surface area (Å²) in [5, 5.41) is 0.716. The zero-order valence-corrected chi connectivity index (χ0v) is 13.1. The molecule has 0 saturated heterocycles. The summed E-state index contributed by atoms with van der Waals surface area (Å²) >= 11 is 6.00. The Morgan fingerprint density at radius 3 is 2.56 bits per heavy atom. The molecule has 0 aliphatic heterocycles. The normalized spacial score (nSPS) is 15.4. The quantitative estimate of drug-likeness (QED) is 0.833. The third kappa shape index (κ3) is 4.08. The molecule has 102 valence electrons. The minimum absolute atomic E-state index is 0.0790. The largest absolute Gasteiger partial charge is 0.242 e. The van der Waals surface area contributed by atoms with Gasteiger partial charge in [-0.15, -0.1) is 0 Å². The number of rotatable bonds is 6. The lowest BCUT2D eigenvalue weighted by Crippen LogP contribution is -2.37. The predicted octanol–water partition coefficient (Wildman–Crippen LogP) is 4.23. The Morgan fingerprint density at radius 1 is 1.39 bits per heavy atom. The molecular formula is C14H22ClNOS. The second-order valence-electron chi connectivity index (χ2n) is 5.02. The van der Waals surface area contributed by atoms with Crippen molar-refractivity contribution in [1.82, 2.24) is 4.72 Å². The average molecular weight is 288 g/mol. The Labute approximate surface area is 118 Å². The van der Waals surface area contributed by atoms with Gasteiger partial charge in [0, 0.05) is 11.1 Å². The molecule has 0 saturated carbocycles. The molecule has 0 amide bonds. The zero-order valence-electron chi connectivity index (χ0n) is 11.5. The Hall–Kier alpha value is -0.380. The van der Waals surface area contributed by atoms with Crippen LogP contribution in [0, 0.1) is 0 Å². The van der Waals surface area contributed by atoms with E-state index in [0.29, 0.717) is 5.02 Å². The third-order valence-electron chi connectivity index (χ3n) is 3.26. The molecule has 4 heteroatoms. The van der Waals surface area contributed by atoms with Crippen molar-refractivity contribution >= 4 is 22.6 Å². The predicted molar refractivity (Wildman–Crippen MR) is 80.1 cm³/mol. The van der Waals surface area contributed by atoms with Gasteiger partial charge in [0.15, 0.2) is 0 Å². The van der Waals surface area contributed by atoms with Crippen molar-refractivity contribution < 1.29 is 4.21 Å². The van der Waals surface area contributed by atoms with E-state index in [0.717, 1.165) is 18.4 Å². The number of halogens is 1. The molecule has 0 aliphatic rings. The van der Waals surface area contributed by atoms with Crippen LogP contribution in [0.25, 0.3) is 0 Å². The van der Waals surface area contributed by atoms with E-state index in [9.17, 15) is 4.21 Å². The molecule has 1 aromatic carbocycles. The van der Waals surface area contributed by atoms with Crippen molar-refractivity contribution in [2.24, 2.45) is 0 Å². The van der Waals surface area contributed by atoms with Crippen LogP contribution < -0.4 is 4.72 Å². The summed E-state index contributed by atoms with van der Waals surface area (Å²) in [5.41, 5.74) is 1.09. The van der Waals surface area contributed by atoms with Gasteiger partial charge >= 0.3 is 0 Å². The lowest BCUT2D eigenvalue weighted by atomic mass is 10.1. The molecule has 0 heterocycles. The van der Waals surface area contributed by atoms with Gasteiger partial charge in [-0.05, 0) is 44.4 Å². The second kappa shape index (κ2) is 6.69. The molecule has 18 heavy (non-hydrogen) atoms. The minimum atomic E-state index is -1.06. The van der Waals surface area contributed by atoms with Crippen molar-refractivity contribution in [2.45, 2.75) is 51.3 Å². The van der Waals surface area contributed by atoms with Crippen LogP contribution in [0.4, 0.5) is 0 Å². The van der Waals surface area contributed by atoms with E-state index in [2.05, 4.69) is 18.6 Å². The van der Waals surface area contributed by atoms with Gasteiger partial charge in [-0.2, -0.15) is 0 Å². The Bertz CT molecular complexity index is 420. The molecule has 1 N–H and O–H groups in total. The highest BCUT2D eigenvalue weighted by molar-refractivity contribution is 7.84. The Kier molecular flexibility index (Phi) is 5.83. The van der Waals surface area contributed by atoms with Crippen LogP contribution in [0.1, 0.15) is 52.1 Å². The van der Waals surface area contributed by atoms with E-state index in [1.54, 1.807) is 0 Å². The van der Waals surface area contributed by atoms with Gasteiger partial charge in [0.05, 0.1) is 15.7 Å². The summed E-state index contributed by atoms with van der Waals surface area (Å²) in [4.78, 5) is 0. The van der Waals surface area contributed by atoms with Crippen LogP contribution in [-0.4, -0.2) is 8.96 Å². The fourth-order valence-corrected chi connectivity index (χ4v) is 2.87. The number of hydrogen-bond acceptors (Lipinski definition) is 1. The molecule has 0 fully saturated rings. The first kappa shape index (κ1) is 15.7. The standard InChI is InChI=1S/C14H22ClNOS/c1-5-13(11-8-7-9-12(15)10-11)16-18(17)14(3,4)6-2/h7-10,13,16H,5-6H2,1-4H3/t13-,18?/m0/s1. The summed E-state index contributed by atoms with van der Waals surface area (Å²) in [6.07, 6.45) is 1.75. The Balaban J connectivity index is 2.83. The van der Waals surface area contributed by atoms with Gasteiger partial charge in [-0.25, -0.2) is 8.93 Å². The second-order valence-corrected chi connectivity index (χ2v) is 7.33. The molecule has 0 bridgehead atoms. The van der Waals surface area contributed by atoms with Gasteiger partial charge in [0.1, 0.15) is 0 Å². The maximum absolute atomic E-state index is 12.3. The fourth-order valence-electron chi connectivity index (χ4n) is 1.53. The topological polar surface area (TPSA) is 29.1 Å². The average Bonchev–Trinajstić information content (AvgIpc) is 2.35. The Morgan fingerprint density at radius 2 is 2.06 bits per heavy atom. The van der Waals surface area contributed by atoms with Crippen molar-refractivity contribution in [2.75, 3.05) is 0 Å². The highest BCUT2D eigenvalue weighted by atomic mass is 35.5. The molecule has 1 rings (SSSR count). The van der Waals surface area contributed by atoms with Crippen LogP contribution in [0.5, 0.6) is 0 Å². The molecule has 1 aromatic rings. The smallest absolute Gasteiger partial charge is 0.0978 e. The summed E-state index contributed by atoms with van der Waals surface area (Å²) < 4.78 is 15.3. The lowest BCUT2D eigenvalue weighted by Gasteiger charge is -2.26. The number of hydrogen-bond donors (Lipinski definition) is 1. The van der Waals surface area contributed by atoms with Gasteiger partial charge in [-0.1, -0.05) is 37.6 Å². The number of benzene rings is 1. The van der Waals surface area contributed by atoms with Crippen molar-refractivity contribution in [3.8, 4) is 0 Å². The van der Waals surface area contributed by atoms with Gasteiger partial charge in [0.25, 0.3) is 0 Å². The van der Waals surface area contributed by atoms with Gasteiger partial charge in [0.2, 0.25) is 0 Å². The van der Waals surface area contributed by atoms with Crippen molar-refractivity contribution in [3.05, 3.63) is 34.9 Å². The SMILES string of the molecule is CC[C@H](NS(=O)C(C)(C)CC)c1cccc(Cl)c1. The van der Waals surface area contributed by atoms with E-state index < -0.39 is 11.0 Å². The van der Waals surface area contributed by atoms with Crippen LogP contribution in [0.2, 0.25) is 5.02 Å². The summed E-state index contributed by atoms with van der Waals surface area (Å²) in [5.74, 6) is 0. The molecule has 0 spiro atoms. The summed E-state index contributed by atoms with van der Waals surface area (Å²) in [6, 6.07) is 7.80. The van der Waals surface area contributed by atoms with Crippen LogP contribution in [-0.2, 0) is 11.0 Å². The molecule has 2 atom stereocenters. The molecule has 2 nitrogen and oxygen atoms in total.